The summed E-state index contributed by atoms with van der Waals surface area (Å²) in [5.74, 6) is -14.0. The van der Waals surface area contributed by atoms with Crippen molar-refractivity contribution in [2.75, 3.05) is 7.11 Å². The highest BCUT2D eigenvalue weighted by atomic mass is 19.2. The van der Waals surface area contributed by atoms with Gasteiger partial charge in [0, 0.05) is 0 Å². The number of esters is 1. The zero-order chi connectivity index (χ0) is 20.3. The summed E-state index contributed by atoms with van der Waals surface area (Å²) in [6.07, 6.45) is 0. The van der Waals surface area contributed by atoms with E-state index in [2.05, 4.69) is 0 Å². The number of halogens is 5. The molecule has 0 aliphatic rings. The van der Waals surface area contributed by atoms with Crippen LogP contribution in [0.4, 0.5) is 22.0 Å². The van der Waals surface area contributed by atoms with Crippen molar-refractivity contribution < 1.29 is 36.2 Å². The molecule has 0 aromatic heterocycles. The van der Waals surface area contributed by atoms with Gasteiger partial charge in [-0.3, -0.25) is 5.41 Å². The molecule has 0 bridgehead atoms. The van der Waals surface area contributed by atoms with Crippen LogP contribution in [0.1, 0.15) is 11.6 Å². The van der Waals surface area contributed by atoms with Crippen LogP contribution in [-0.2, 0) is 4.79 Å². The van der Waals surface area contributed by atoms with Gasteiger partial charge in [0.05, 0.1) is 12.7 Å². The third-order valence-corrected chi connectivity index (χ3v) is 3.35. The molecule has 2 aromatic carbocycles. The molecule has 1 atom stereocenters. The fourth-order valence-corrected chi connectivity index (χ4v) is 2.15. The fourth-order valence-electron chi connectivity index (χ4n) is 2.15. The third-order valence-electron chi connectivity index (χ3n) is 3.35. The molecular formula is C16H12F5N3O3. The summed E-state index contributed by atoms with van der Waals surface area (Å²) in [5, 5.41) is 8.96. The molecular weight excluding hydrogens is 377 g/mol. The van der Waals surface area contributed by atoms with Gasteiger partial charge in [0.1, 0.15) is 0 Å². The second kappa shape index (κ2) is 7.89. The molecule has 2 rings (SSSR count). The Morgan fingerprint density at radius 3 is 1.96 bits per heavy atom. The number of nitrogens with two attached hydrogens (primary N) is 1. The van der Waals surface area contributed by atoms with Crippen molar-refractivity contribution >= 4 is 11.9 Å². The normalized spacial score (nSPS) is 11.6. The minimum absolute atomic E-state index is 0.0600. The average Bonchev–Trinajstić information content (AvgIpc) is 2.64. The lowest BCUT2D eigenvalue weighted by molar-refractivity contribution is -0.136. The molecule has 0 amide bonds. The van der Waals surface area contributed by atoms with E-state index in [1.807, 2.05) is 5.32 Å². The summed E-state index contributed by atoms with van der Waals surface area (Å²) in [4.78, 5) is 12.4. The summed E-state index contributed by atoms with van der Waals surface area (Å²) < 4.78 is 78.1. The molecule has 4 N–H and O–H groups in total. The van der Waals surface area contributed by atoms with Gasteiger partial charge < -0.3 is 20.5 Å². The van der Waals surface area contributed by atoms with E-state index in [-0.39, 0.29) is 11.5 Å². The SMILES string of the molecule is COc1ccccc1OC(=O)C(NC(=N)N)c1c(F)c(F)c(F)c(F)c1F. The van der Waals surface area contributed by atoms with Gasteiger partial charge in [0.2, 0.25) is 5.82 Å². The molecule has 0 radical (unpaired) electrons. The van der Waals surface area contributed by atoms with Crippen LogP contribution in [0, 0.1) is 34.5 Å². The number of benzene rings is 2. The van der Waals surface area contributed by atoms with Gasteiger partial charge >= 0.3 is 5.97 Å². The molecule has 2 aromatic rings. The molecule has 0 saturated heterocycles. The van der Waals surface area contributed by atoms with Crippen LogP contribution in [0.2, 0.25) is 0 Å². The topological polar surface area (TPSA) is 97.4 Å². The standard InChI is InChI=1S/C16H12F5N3O3/c1-26-6-4-2-3-5-7(6)27-15(25)14(24-16(22)23)8-9(17)11(19)13(21)12(20)10(8)18/h2-5,14H,1H3,(H4,22,23,24). The number of hydrogen-bond donors (Lipinski definition) is 3. The maximum Gasteiger partial charge on any atom is 0.339 e. The Labute approximate surface area is 149 Å². The number of carbonyl (C=O) groups excluding carboxylic acids is 1. The number of para-hydroxylation sites is 2. The summed E-state index contributed by atoms with van der Waals surface area (Å²) in [6, 6.07) is 3.34. The summed E-state index contributed by atoms with van der Waals surface area (Å²) in [5.41, 5.74) is 3.52. The highest BCUT2D eigenvalue weighted by Crippen LogP contribution is 2.31. The zero-order valence-electron chi connectivity index (χ0n) is 13.6. The predicted molar refractivity (Wildman–Crippen MR) is 82.7 cm³/mol. The maximum atomic E-state index is 14.0. The molecule has 0 aliphatic heterocycles. The zero-order valence-corrected chi connectivity index (χ0v) is 13.6. The van der Waals surface area contributed by atoms with E-state index >= 15 is 0 Å². The van der Waals surface area contributed by atoms with E-state index < -0.39 is 52.6 Å². The van der Waals surface area contributed by atoms with Crippen LogP contribution in [0.25, 0.3) is 0 Å². The number of nitrogens with one attached hydrogen (secondary N) is 2. The Hall–Kier alpha value is -3.37. The quantitative estimate of drug-likeness (QED) is 0.139. The first-order chi connectivity index (χ1) is 12.7. The van der Waals surface area contributed by atoms with Gasteiger partial charge in [-0.1, -0.05) is 12.1 Å². The molecule has 6 nitrogen and oxygen atoms in total. The number of rotatable bonds is 5. The smallest absolute Gasteiger partial charge is 0.339 e. The first-order valence-electron chi connectivity index (χ1n) is 7.15. The predicted octanol–water partition coefficient (Wildman–Crippen LogP) is 2.52. The maximum absolute atomic E-state index is 14.0. The summed E-state index contributed by atoms with van der Waals surface area (Å²) in [7, 11) is 1.25. The Morgan fingerprint density at radius 2 is 1.48 bits per heavy atom. The van der Waals surface area contributed by atoms with E-state index in [4.69, 9.17) is 20.6 Å². The molecule has 144 valence electrons. The largest absolute Gasteiger partial charge is 0.493 e. The molecule has 0 fully saturated rings. The number of carbonyl (C=O) groups is 1. The minimum atomic E-state index is -2.39. The average molecular weight is 389 g/mol. The van der Waals surface area contributed by atoms with Crippen LogP contribution in [0.15, 0.2) is 24.3 Å². The van der Waals surface area contributed by atoms with Gasteiger partial charge in [-0.05, 0) is 12.1 Å². The van der Waals surface area contributed by atoms with E-state index in [1.54, 1.807) is 0 Å². The minimum Gasteiger partial charge on any atom is -0.493 e. The van der Waals surface area contributed by atoms with Crippen molar-refractivity contribution in [3.8, 4) is 11.5 Å². The Bertz CT molecular complexity index is 878. The molecule has 27 heavy (non-hydrogen) atoms. The molecule has 11 heteroatoms. The van der Waals surface area contributed by atoms with E-state index in [9.17, 15) is 26.7 Å². The van der Waals surface area contributed by atoms with Crippen molar-refractivity contribution in [3.63, 3.8) is 0 Å². The monoisotopic (exact) mass is 389 g/mol. The van der Waals surface area contributed by atoms with Gasteiger partial charge in [0.15, 0.2) is 46.8 Å². The molecule has 0 spiro atoms. The highest BCUT2D eigenvalue weighted by molar-refractivity contribution is 5.86. The lowest BCUT2D eigenvalue weighted by atomic mass is 10.0. The molecule has 0 aliphatic carbocycles. The highest BCUT2D eigenvalue weighted by Gasteiger charge is 2.35. The number of guanidine groups is 1. The Kier molecular flexibility index (Phi) is 5.83. The number of ether oxygens (including phenoxy) is 2. The summed E-state index contributed by atoms with van der Waals surface area (Å²) >= 11 is 0. The van der Waals surface area contributed by atoms with Crippen molar-refractivity contribution in [2.24, 2.45) is 5.73 Å². The fraction of sp³-hybridized carbons (Fsp3) is 0.125. The molecule has 0 heterocycles. The lowest BCUT2D eigenvalue weighted by Crippen LogP contribution is -2.41. The van der Waals surface area contributed by atoms with Crippen molar-refractivity contribution in [2.45, 2.75) is 6.04 Å². The van der Waals surface area contributed by atoms with Gasteiger partial charge in [-0.15, -0.1) is 0 Å². The van der Waals surface area contributed by atoms with Crippen molar-refractivity contribution in [3.05, 3.63) is 58.9 Å². The Morgan fingerprint density at radius 1 is 1.00 bits per heavy atom. The lowest BCUT2D eigenvalue weighted by Gasteiger charge is -2.20. The van der Waals surface area contributed by atoms with E-state index in [0.29, 0.717) is 0 Å². The first kappa shape index (κ1) is 19.9. The van der Waals surface area contributed by atoms with Crippen LogP contribution in [0.5, 0.6) is 11.5 Å². The van der Waals surface area contributed by atoms with Crippen LogP contribution < -0.4 is 20.5 Å². The van der Waals surface area contributed by atoms with Crippen molar-refractivity contribution in [1.82, 2.24) is 5.32 Å². The Balaban J connectivity index is 2.54. The number of hydrogen-bond acceptors (Lipinski definition) is 4. The van der Waals surface area contributed by atoms with Gasteiger partial charge in [-0.25, -0.2) is 26.7 Å². The van der Waals surface area contributed by atoms with E-state index in [1.165, 1.54) is 31.4 Å². The van der Waals surface area contributed by atoms with Crippen molar-refractivity contribution in [1.29, 1.82) is 5.41 Å². The van der Waals surface area contributed by atoms with Gasteiger partial charge in [0.25, 0.3) is 0 Å². The van der Waals surface area contributed by atoms with E-state index in [0.717, 1.165) is 0 Å². The number of methoxy groups -OCH3 is 1. The molecule has 0 saturated carbocycles. The van der Waals surface area contributed by atoms with Crippen LogP contribution in [0.3, 0.4) is 0 Å². The van der Waals surface area contributed by atoms with Crippen LogP contribution >= 0.6 is 0 Å². The molecule has 1 unspecified atom stereocenters. The second-order valence-corrected chi connectivity index (χ2v) is 5.05. The second-order valence-electron chi connectivity index (χ2n) is 5.05. The third kappa shape index (κ3) is 3.91. The first-order valence-corrected chi connectivity index (χ1v) is 7.15. The van der Waals surface area contributed by atoms with Crippen LogP contribution in [-0.4, -0.2) is 19.0 Å². The van der Waals surface area contributed by atoms with Gasteiger partial charge in [-0.2, -0.15) is 0 Å². The summed E-state index contributed by atoms with van der Waals surface area (Å²) in [6.45, 7) is 0.